The van der Waals surface area contributed by atoms with E-state index >= 15 is 0 Å². The molecule has 0 aliphatic heterocycles. The summed E-state index contributed by atoms with van der Waals surface area (Å²) in [6, 6.07) is 5.80. The third-order valence-electron chi connectivity index (χ3n) is 3.08. The van der Waals surface area contributed by atoms with Crippen LogP contribution in [-0.2, 0) is 4.79 Å². The number of fused-ring (bicyclic) bond motifs is 1. The Bertz CT molecular complexity index is 651. The van der Waals surface area contributed by atoms with Gasteiger partial charge in [0.15, 0.2) is 0 Å². The Kier molecular flexibility index (Phi) is 4.02. The van der Waals surface area contributed by atoms with Gasteiger partial charge < -0.3 is 15.0 Å². The van der Waals surface area contributed by atoms with Crippen molar-refractivity contribution in [3.8, 4) is 0 Å². The minimum atomic E-state index is -0.949. The van der Waals surface area contributed by atoms with Gasteiger partial charge in [0.05, 0.1) is 6.42 Å². The standard InChI is InChI=1S/C14H15FN2O3/c1-2-17(6-5-13(18)19)14(20)12-8-9-7-10(15)3-4-11(9)16-12/h3-4,7-8,16H,2,5-6H2,1H3,(H,18,19). The first-order chi connectivity index (χ1) is 9.51. The summed E-state index contributed by atoms with van der Waals surface area (Å²) in [5.74, 6) is -1.60. The van der Waals surface area contributed by atoms with Crippen LogP contribution in [0.2, 0.25) is 0 Å². The van der Waals surface area contributed by atoms with E-state index in [1.54, 1.807) is 19.1 Å². The lowest BCUT2D eigenvalue weighted by Crippen LogP contribution is -2.33. The van der Waals surface area contributed by atoms with Crippen LogP contribution in [0.15, 0.2) is 24.3 Å². The Morgan fingerprint density at radius 3 is 2.75 bits per heavy atom. The monoisotopic (exact) mass is 278 g/mol. The van der Waals surface area contributed by atoms with E-state index in [4.69, 9.17) is 5.11 Å². The number of aliphatic carboxylic acids is 1. The van der Waals surface area contributed by atoms with E-state index in [0.29, 0.717) is 23.1 Å². The summed E-state index contributed by atoms with van der Waals surface area (Å²) in [6.07, 6.45) is -0.103. The molecule has 106 valence electrons. The number of aromatic amines is 1. The predicted octanol–water partition coefficient (Wildman–Crippen LogP) is 2.24. The van der Waals surface area contributed by atoms with Crippen molar-refractivity contribution in [2.45, 2.75) is 13.3 Å². The lowest BCUT2D eigenvalue weighted by atomic mass is 10.2. The molecule has 0 bridgehead atoms. The van der Waals surface area contributed by atoms with Crippen LogP contribution in [0.25, 0.3) is 10.9 Å². The lowest BCUT2D eigenvalue weighted by molar-refractivity contribution is -0.137. The quantitative estimate of drug-likeness (QED) is 0.881. The van der Waals surface area contributed by atoms with Gasteiger partial charge in [-0.2, -0.15) is 0 Å². The fraction of sp³-hybridized carbons (Fsp3) is 0.286. The second kappa shape index (κ2) is 5.73. The van der Waals surface area contributed by atoms with Gasteiger partial charge in [-0.15, -0.1) is 0 Å². The summed E-state index contributed by atoms with van der Waals surface area (Å²) in [5, 5.41) is 9.28. The average Bonchev–Trinajstić information content (AvgIpc) is 2.81. The molecular weight excluding hydrogens is 263 g/mol. The highest BCUT2D eigenvalue weighted by Gasteiger charge is 2.17. The number of carboxylic acids is 1. The van der Waals surface area contributed by atoms with Crippen molar-refractivity contribution < 1.29 is 19.1 Å². The van der Waals surface area contributed by atoms with Crippen LogP contribution in [0.1, 0.15) is 23.8 Å². The van der Waals surface area contributed by atoms with Gasteiger partial charge in [0.1, 0.15) is 11.5 Å². The third kappa shape index (κ3) is 2.96. The largest absolute Gasteiger partial charge is 0.481 e. The number of carboxylic acid groups (broad SMARTS) is 1. The highest BCUT2D eigenvalue weighted by Crippen LogP contribution is 2.17. The Morgan fingerprint density at radius 2 is 2.10 bits per heavy atom. The number of H-pyrrole nitrogens is 1. The average molecular weight is 278 g/mol. The molecule has 0 fully saturated rings. The summed E-state index contributed by atoms with van der Waals surface area (Å²) in [5.41, 5.74) is 1.00. The first-order valence-corrected chi connectivity index (χ1v) is 6.30. The molecule has 1 aromatic carbocycles. The van der Waals surface area contributed by atoms with Gasteiger partial charge in [-0.1, -0.05) is 0 Å². The van der Waals surface area contributed by atoms with E-state index in [-0.39, 0.29) is 24.7 Å². The number of halogens is 1. The third-order valence-corrected chi connectivity index (χ3v) is 3.08. The molecule has 0 atom stereocenters. The minimum Gasteiger partial charge on any atom is -0.481 e. The predicted molar refractivity (Wildman–Crippen MR) is 72.1 cm³/mol. The number of hydrogen-bond donors (Lipinski definition) is 2. The zero-order valence-electron chi connectivity index (χ0n) is 11.0. The number of carbonyl (C=O) groups is 2. The van der Waals surface area contributed by atoms with E-state index < -0.39 is 5.97 Å². The minimum absolute atomic E-state index is 0.103. The Morgan fingerprint density at radius 1 is 1.35 bits per heavy atom. The summed E-state index contributed by atoms with van der Waals surface area (Å²) < 4.78 is 13.1. The number of rotatable bonds is 5. The fourth-order valence-electron chi connectivity index (χ4n) is 2.02. The van der Waals surface area contributed by atoms with Crippen molar-refractivity contribution in [1.29, 1.82) is 0 Å². The molecule has 2 aromatic rings. The van der Waals surface area contributed by atoms with Gasteiger partial charge in [-0.05, 0) is 31.2 Å². The van der Waals surface area contributed by atoms with Crippen LogP contribution in [0, 0.1) is 5.82 Å². The van der Waals surface area contributed by atoms with E-state index in [0.717, 1.165) is 0 Å². The summed E-state index contributed by atoms with van der Waals surface area (Å²) in [4.78, 5) is 27.2. The Hall–Kier alpha value is -2.37. The van der Waals surface area contributed by atoms with E-state index in [9.17, 15) is 14.0 Å². The zero-order valence-corrected chi connectivity index (χ0v) is 11.0. The number of carbonyl (C=O) groups excluding carboxylic acids is 1. The molecule has 0 unspecified atom stereocenters. The molecular formula is C14H15FN2O3. The van der Waals surface area contributed by atoms with Gasteiger partial charge in [-0.3, -0.25) is 9.59 Å². The molecule has 0 radical (unpaired) electrons. The Labute approximate surface area is 115 Å². The first kappa shape index (κ1) is 14.0. The SMILES string of the molecule is CCN(CCC(=O)O)C(=O)c1cc2cc(F)ccc2[nH]1. The zero-order chi connectivity index (χ0) is 14.7. The summed E-state index contributed by atoms with van der Waals surface area (Å²) in [7, 11) is 0. The number of amides is 1. The van der Waals surface area contributed by atoms with Crippen molar-refractivity contribution in [1.82, 2.24) is 9.88 Å². The maximum absolute atomic E-state index is 13.1. The number of nitrogens with one attached hydrogen (secondary N) is 1. The molecule has 1 aromatic heterocycles. The van der Waals surface area contributed by atoms with Crippen LogP contribution < -0.4 is 0 Å². The van der Waals surface area contributed by atoms with Crippen molar-refractivity contribution >= 4 is 22.8 Å². The summed E-state index contributed by atoms with van der Waals surface area (Å²) >= 11 is 0. The molecule has 1 heterocycles. The van der Waals surface area contributed by atoms with Gasteiger partial charge in [-0.25, -0.2) is 4.39 Å². The summed E-state index contributed by atoms with van der Waals surface area (Å²) in [6.45, 7) is 2.34. The molecule has 0 saturated heterocycles. The van der Waals surface area contributed by atoms with Crippen LogP contribution in [0.4, 0.5) is 4.39 Å². The number of nitrogens with zero attached hydrogens (tertiary/aromatic N) is 1. The highest BCUT2D eigenvalue weighted by molar-refractivity contribution is 5.98. The van der Waals surface area contributed by atoms with Crippen LogP contribution in [0.5, 0.6) is 0 Å². The molecule has 0 spiro atoms. The lowest BCUT2D eigenvalue weighted by Gasteiger charge is -2.18. The normalized spacial score (nSPS) is 10.7. The number of hydrogen-bond acceptors (Lipinski definition) is 2. The topological polar surface area (TPSA) is 73.4 Å². The van der Waals surface area contributed by atoms with Crippen LogP contribution >= 0.6 is 0 Å². The fourth-order valence-corrected chi connectivity index (χ4v) is 2.02. The molecule has 2 N–H and O–H groups in total. The van der Waals surface area contributed by atoms with E-state index in [2.05, 4.69) is 4.98 Å². The van der Waals surface area contributed by atoms with Crippen molar-refractivity contribution in [3.05, 3.63) is 35.8 Å². The molecule has 2 rings (SSSR count). The maximum atomic E-state index is 13.1. The van der Waals surface area contributed by atoms with Gasteiger partial charge in [0.2, 0.25) is 0 Å². The van der Waals surface area contributed by atoms with E-state index in [1.165, 1.54) is 17.0 Å². The highest BCUT2D eigenvalue weighted by atomic mass is 19.1. The molecule has 1 amide bonds. The molecule has 20 heavy (non-hydrogen) atoms. The van der Waals surface area contributed by atoms with E-state index in [1.807, 2.05) is 0 Å². The van der Waals surface area contributed by atoms with Gasteiger partial charge in [0.25, 0.3) is 5.91 Å². The van der Waals surface area contributed by atoms with Crippen molar-refractivity contribution in [2.75, 3.05) is 13.1 Å². The maximum Gasteiger partial charge on any atom is 0.305 e. The first-order valence-electron chi connectivity index (χ1n) is 6.30. The van der Waals surface area contributed by atoms with Gasteiger partial charge >= 0.3 is 5.97 Å². The van der Waals surface area contributed by atoms with Crippen LogP contribution in [-0.4, -0.2) is 40.0 Å². The number of benzene rings is 1. The smallest absolute Gasteiger partial charge is 0.305 e. The van der Waals surface area contributed by atoms with Crippen LogP contribution in [0.3, 0.4) is 0 Å². The van der Waals surface area contributed by atoms with Crippen molar-refractivity contribution in [2.24, 2.45) is 0 Å². The Balaban J connectivity index is 2.22. The van der Waals surface area contributed by atoms with Crippen molar-refractivity contribution in [3.63, 3.8) is 0 Å². The number of aromatic nitrogens is 1. The molecule has 0 saturated carbocycles. The molecule has 5 nitrogen and oxygen atoms in total. The second-order valence-electron chi connectivity index (χ2n) is 4.44. The van der Waals surface area contributed by atoms with Gasteiger partial charge in [0, 0.05) is 24.0 Å². The molecule has 0 aliphatic carbocycles. The molecule has 0 aliphatic rings. The second-order valence-corrected chi connectivity index (χ2v) is 4.44. The molecule has 6 heteroatoms.